The molecular weight excluding hydrogens is 320 g/mol. The first kappa shape index (κ1) is 18.1. The predicted molar refractivity (Wildman–Crippen MR) is 107 cm³/mol. The number of hydrogen-bond donors (Lipinski definition) is 0. The maximum Gasteiger partial charge on any atom is 0.121 e. The summed E-state index contributed by atoms with van der Waals surface area (Å²) in [5, 5.41) is 0. The lowest BCUT2D eigenvalue weighted by Crippen LogP contribution is -2.25. The van der Waals surface area contributed by atoms with Crippen molar-refractivity contribution in [1.82, 2.24) is 0 Å². The molecule has 0 radical (unpaired) electrons. The van der Waals surface area contributed by atoms with Gasteiger partial charge in [-0.3, -0.25) is 0 Å². The molecule has 2 heteroatoms. The summed E-state index contributed by atoms with van der Waals surface area (Å²) in [7, 11) is 3.43. The molecular formula is C24H26O2. The molecule has 26 heavy (non-hydrogen) atoms. The van der Waals surface area contributed by atoms with Crippen molar-refractivity contribution < 1.29 is 9.47 Å². The Morgan fingerprint density at radius 3 is 1.46 bits per heavy atom. The van der Waals surface area contributed by atoms with Gasteiger partial charge in [0.1, 0.15) is 11.5 Å². The summed E-state index contributed by atoms with van der Waals surface area (Å²) in [4.78, 5) is 0. The minimum atomic E-state index is -0.269. The molecule has 2 nitrogen and oxygen atoms in total. The Morgan fingerprint density at radius 2 is 1.08 bits per heavy atom. The quantitative estimate of drug-likeness (QED) is 0.554. The highest BCUT2D eigenvalue weighted by molar-refractivity contribution is 5.54. The summed E-state index contributed by atoms with van der Waals surface area (Å²) in [6, 6.07) is 23.5. The Morgan fingerprint density at radius 1 is 0.615 bits per heavy atom. The van der Waals surface area contributed by atoms with E-state index in [9.17, 15) is 0 Å². The molecule has 0 heterocycles. The SMILES string of the molecule is COc1ccc(C(C)(c2ccccc2)c2ccc(OC)c(C)c2)cc1C. The van der Waals surface area contributed by atoms with E-state index in [2.05, 4.69) is 87.5 Å². The second kappa shape index (κ2) is 7.25. The molecule has 0 spiro atoms. The zero-order valence-corrected chi connectivity index (χ0v) is 16.2. The van der Waals surface area contributed by atoms with Gasteiger partial charge in [-0.2, -0.15) is 0 Å². The lowest BCUT2D eigenvalue weighted by atomic mass is 9.70. The van der Waals surface area contributed by atoms with Crippen LogP contribution in [0.4, 0.5) is 0 Å². The highest BCUT2D eigenvalue weighted by Gasteiger charge is 2.32. The first-order valence-electron chi connectivity index (χ1n) is 8.86. The molecule has 0 fully saturated rings. The number of methoxy groups -OCH3 is 2. The van der Waals surface area contributed by atoms with Gasteiger partial charge in [-0.15, -0.1) is 0 Å². The Balaban J connectivity index is 2.24. The van der Waals surface area contributed by atoms with Gasteiger partial charge in [-0.1, -0.05) is 54.6 Å². The maximum atomic E-state index is 5.46. The first-order chi connectivity index (χ1) is 12.5. The van der Waals surface area contributed by atoms with E-state index in [1.54, 1.807) is 14.2 Å². The Bertz CT molecular complexity index is 844. The van der Waals surface area contributed by atoms with Gasteiger partial charge in [0.2, 0.25) is 0 Å². The van der Waals surface area contributed by atoms with Gasteiger partial charge in [0, 0.05) is 5.41 Å². The Labute approximate surface area is 156 Å². The van der Waals surface area contributed by atoms with Crippen LogP contribution in [0.3, 0.4) is 0 Å². The third kappa shape index (κ3) is 3.08. The molecule has 3 aromatic rings. The van der Waals surface area contributed by atoms with Crippen LogP contribution in [0.2, 0.25) is 0 Å². The third-order valence-electron chi connectivity index (χ3n) is 5.30. The van der Waals surface area contributed by atoms with Crippen LogP contribution in [-0.4, -0.2) is 14.2 Å². The van der Waals surface area contributed by atoms with Gasteiger partial charge in [-0.05, 0) is 60.7 Å². The predicted octanol–water partition coefficient (Wildman–Crippen LogP) is 5.67. The number of ether oxygens (including phenoxy) is 2. The van der Waals surface area contributed by atoms with E-state index in [0.29, 0.717) is 0 Å². The lowest BCUT2D eigenvalue weighted by Gasteiger charge is -2.33. The summed E-state index contributed by atoms with van der Waals surface area (Å²) in [5.74, 6) is 1.82. The van der Waals surface area contributed by atoms with Crippen molar-refractivity contribution in [3.63, 3.8) is 0 Å². The molecule has 0 saturated carbocycles. The van der Waals surface area contributed by atoms with Crippen molar-refractivity contribution >= 4 is 0 Å². The number of benzene rings is 3. The fourth-order valence-electron chi connectivity index (χ4n) is 3.65. The summed E-state index contributed by atoms with van der Waals surface area (Å²) < 4.78 is 10.9. The van der Waals surface area contributed by atoms with Crippen LogP contribution < -0.4 is 9.47 Å². The lowest BCUT2D eigenvalue weighted by molar-refractivity contribution is 0.411. The smallest absolute Gasteiger partial charge is 0.121 e. The zero-order valence-electron chi connectivity index (χ0n) is 16.2. The zero-order chi connectivity index (χ0) is 18.7. The van der Waals surface area contributed by atoms with Crippen LogP contribution in [0, 0.1) is 13.8 Å². The van der Waals surface area contributed by atoms with Crippen LogP contribution in [0.15, 0.2) is 66.7 Å². The van der Waals surface area contributed by atoms with Crippen molar-refractivity contribution in [3.8, 4) is 11.5 Å². The number of rotatable bonds is 5. The molecule has 0 bridgehead atoms. The van der Waals surface area contributed by atoms with E-state index < -0.39 is 0 Å². The minimum Gasteiger partial charge on any atom is -0.496 e. The van der Waals surface area contributed by atoms with Crippen LogP contribution >= 0.6 is 0 Å². The summed E-state index contributed by atoms with van der Waals surface area (Å²) in [6.07, 6.45) is 0. The monoisotopic (exact) mass is 346 g/mol. The molecule has 0 atom stereocenters. The van der Waals surface area contributed by atoms with Crippen LogP contribution in [0.5, 0.6) is 11.5 Å². The molecule has 0 aliphatic rings. The average molecular weight is 346 g/mol. The van der Waals surface area contributed by atoms with Gasteiger partial charge in [0.25, 0.3) is 0 Å². The second-order valence-corrected chi connectivity index (χ2v) is 6.86. The van der Waals surface area contributed by atoms with Crippen LogP contribution in [0.1, 0.15) is 34.7 Å². The van der Waals surface area contributed by atoms with Crippen molar-refractivity contribution in [2.24, 2.45) is 0 Å². The normalized spacial score (nSPS) is 11.3. The van der Waals surface area contributed by atoms with Gasteiger partial charge in [0.05, 0.1) is 14.2 Å². The van der Waals surface area contributed by atoms with Gasteiger partial charge >= 0.3 is 0 Å². The molecule has 0 aliphatic carbocycles. The molecule has 0 unspecified atom stereocenters. The fourth-order valence-corrected chi connectivity index (χ4v) is 3.65. The molecule has 0 saturated heterocycles. The number of hydrogen-bond acceptors (Lipinski definition) is 2. The minimum absolute atomic E-state index is 0.269. The fraction of sp³-hybridized carbons (Fsp3) is 0.250. The van der Waals surface area contributed by atoms with Gasteiger partial charge in [0.15, 0.2) is 0 Å². The molecule has 134 valence electrons. The van der Waals surface area contributed by atoms with Crippen molar-refractivity contribution in [3.05, 3.63) is 94.5 Å². The highest BCUT2D eigenvalue weighted by Crippen LogP contribution is 2.41. The van der Waals surface area contributed by atoms with E-state index >= 15 is 0 Å². The van der Waals surface area contributed by atoms with Gasteiger partial charge in [-0.25, -0.2) is 0 Å². The first-order valence-corrected chi connectivity index (χ1v) is 8.86. The van der Waals surface area contributed by atoms with E-state index in [1.807, 2.05) is 0 Å². The van der Waals surface area contributed by atoms with E-state index in [1.165, 1.54) is 16.7 Å². The standard InChI is InChI=1S/C24H26O2/c1-17-15-20(11-13-22(17)25-4)24(3,19-9-7-6-8-10-19)21-12-14-23(26-5)18(2)16-21/h6-16H,1-5H3. The van der Waals surface area contributed by atoms with Crippen LogP contribution in [0.25, 0.3) is 0 Å². The topological polar surface area (TPSA) is 18.5 Å². The molecule has 0 N–H and O–H groups in total. The van der Waals surface area contributed by atoms with E-state index in [0.717, 1.165) is 22.6 Å². The van der Waals surface area contributed by atoms with E-state index in [4.69, 9.17) is 9.47 Å². The van der Waals surface area contributed by atoms with Crippen molar-refractivity contribution in [2.45, 2.75) is 26.2 Å². The van der Waals surface area contributed by atoms with Gasteiger partial charge < -0.3 is 9.47 Å². The summed E-state index contributed by atoms with van der Waals surface area (Å²) >= 11 is 0. The maximum absolute atomic E-state index is 5.46. The summed E-state index contributed by atoms with van der Waals surface area (Å²) in [5.41, 5.74) is 5.75. The largest absolute Gasteiger partial charge is 0.496 e. The van der Waals surface area contributed by atoms with Crippen LogP contribution in [-0.2, 0) is 5.41 Å². The molecule has 0 amide bonds. The molecule has 3 aromatic carbocycles. The average Bonchev–Trinajstić information content (AvgIpc) is 2.67. The molecule has 0 aliphatic heterocycles. The molecule has 0 aromatic heterocycles. The van der Waals surface area contributed by atoms with Crippen molar-refractivity contribution in [1.29, 1.82) is 0 Å². The molecule has 3 rings (SSSR count). The number of aryl methyl sites for hydroxylation is 2. The third-order valence-corrected chi connectivity index (χ3v) is 5.30. The Kier molecular flexibility index (Phi) is 5.03. The van der Waals surface area contributed by atoms with E-state index in [-0.39, 0.29) is 5.41 Å². The Hall–Kier alpha value is -2.74. The van der Waals surface area contributed by atoms with Crippen molar-refractivity contribution in [2.75, 3.05) is 14.2 Å². The highest BCUT2D eigenvalue weighted by atomic mass is 16.5. The second-order valence-electron chi connectivity index (χ2n) is 6.86. The summed E-state index contributed by atoms with van der Waals surface area (Å²) in [6.45, 7) is 6.46.